The first-order chi connectivity index (χ1) is 14.5. The van der Waals surface area contributed by atoms with Crippen molar-refractivity contribution in [3.63, 3.8) is 0 Å². The molecule has 30 heavy (non-hydrogen) atoms. The summed E-state index contributed by atoms with van der Waals surface area (Å²) in [5, 5.41) is 17.0. The molecule has 1 saturated carbocycles. The maximum absolute atomic E-state index is 12.7. The summed E-state index contributed by atoms with van der Waals surface area (Å²) in [6.07, 6.45) is 3.03. The molecule has 0 spiro atoms. The minimum Gasteiger partial charge on any atom is -0.326 e. The van der Waals surface area contributed by atoms with Crippen molar-refractivity contribution < 1.29 is 9.59 Å². The zero-order chi connectivity index (χ0) is 21.1. The molecule has 2 amide bonds. The van der Waals surface area contributed by atoms with E-state index < -0.39 is 0 Å². The van der Waals surface area contributed by atoms with Crippen molar-refractivity contribution in [2.75, 3.05) is 10.6 Å². The van der Waals surface area contributed by atoms with Gasteiger partial charge in [0, 0.05) is 35.6 Å². The highest BCUT2D eigenvalue weighted by molar-refractivity contribution is 8.00. The monoisotopic (exact) mass is 441 g/mol. The predicted octanol–water partition coefficient (Wildman–Crippen LogP) is 4.34. The number of rotatable bonds is 8. The summed E-state index contributed by atoms with van der Waals surface area (Å²) in [5.74, 6) is 0.732. The smallest absolute Gasteiger partial charge is 0.237 e. The van der Waals surface area contributed by atoms with Gasteiger partial charge in [0.25, 0.3) is 0 Å². The number of benzene rings is 1. The second-order valence-corrected chi connectivity index (χ2v) is 9.60. The fourth-order valence-corrected chi connectivity index (χ4v) is 4.71. The van der Waals surface area contributed by atoms with E-state index in [0.717, 1.165) is 30.2 Å². The van der Waals surface area contributed by atoms with Crippen LogP contribution in [0, 0.1) is 0 Å². The van der Waals surface area contributed by atoms with Crippen molar-refractivity contribution in [2.24, 2.45) is 0 Å². The SMILES string of the molecule is CC(=O)Nc1ccc(NC(=O)[C@H](C)Sc2nnc(Cc3cccs3)n2C2CC2)cc1. The molecule has 0 unspecified atom stereocenters. The molecule has 0 radical (unpaired) electrons. The molecule has 2 aromatic heterocycles. The molecule has 1 aromatic carbocycles. The molecule has 2 heterocycles. The van der Waals surface area contributed by atoms with E-state index in [-0.39, 0.29) is 17.1 Å². The van der Waals surface area contributed by atoms with Gasteiger partial charge in [-0.05, 0) is 55.5 Å². The summed E-state index contributed by atoms with van der Waals surface area (Å²) >= 11 is 3.15. The molecule has 1 fully saturated rings. The van der Waals surface area contributed by atoms with E-state index in [4.69, 9.17) is 0 Å². The summed E-state index contributed by atoms with van der Waals surface area (Å²) < 4.78 is 2.20. The zero-order valence-electron chi connectivity index (χ0n) is 16.8. The van der Waals surface area contributed by atoms with Gasteiger partial charge < -0.3 is 15.2 Å². The summed E-state index contributed by atoms with van der Waals surface area (Å²) in [6, 6.07) is 11.7. The molecule has 1 atom stereocenters. The van der Waals surface area contributed by atoms with Crippen molar-refractivity contribution >= 4 is 46.3 Å². The molecule has 0 saturated heterocycles. The number of nitrogens with zero attached hydrogens (tertiary/aromatic N) is 3. The maximum Gasteiger partial charge on any atom is 0.237 e. The van der Waals surface area contributed by atoms with Gasteiger partial charge in [0.05, 0.1) is 5.25 Å². The number of hydrogen-bond donors (Lipinski definition) is 2. The average molecular weight is 442 g/mol. The highest BCUT2D eigenvalue weighted by atomic mass is 32.2. The van der Waals surface area contributed by atoms with Crippen LogP contribution < -0.4 is 10.6 Å². The van der Waals surface area contributed by atoms with Crippen LogP contribution in [0.1, 0.15) is 43.4 Å². The summed E-state index contributed by atoms with van der Waals surface area (Å²) in [5.41, 5.74) is 1.38. The molecule has 4 rings (SSSR count). The average Bonchev–Trinajstić information content (AvgIpc) is 3.27. The highest BCUT2D eigenvalue weighted by Crippen LogP contribution is 2.40. The lowest BCUT2D eigenvalue weighted by molar-refractivity contribution is -0.115. The molecular formula is C21H23N5O2S2. The third-order valence-electron chi connectivity index (χ3n) is 4.68. The minimum absolute atomic E-state index is 0.0996. The fraction of sp³-hybridized carbons (Fsp3) is 0.333. The number of nitrogens with one attached hydrogen (secondary N) is 2. The lowest BCUT2D eigenvalue weighted by Crippen LogP contribution is -2.23. The Hall–Kier alpha value is -2.65. The Labute approximate surface area is 183 Å². The standard InChI is InChI=1S/C21H23N5O2S2/c1-13(20(28)23-16-7-5-15(6-8-16)22-14(2)27)30-21-25-24-19(26(21)17-9-10-17)12-18-4-3-11-29-18/h3-8,11,13,17H,9-10,12H2,1-2H3,(H,22,27)(H,23,28)/t13-/m0/s1. The lowest BCUT2D eigenvalue weighted by Gasteiger charge is -2.13. The van der Waals surface area contributed by atoms with Crippen LogP contribution in [-0.2, 0) is 16.0 Å². The molecule has 156 valence electrons. The zero-order valence-corrected chi connectivity index (χ0v) is 18.4. The Morgan fingerprint density at radius 1 is 1.17 bits per heavy atom. The van der Waals surface area contributed by atoms with Gasteiger partial charge in [-0.1, -0.05) is 17.8 Å². The molecule has 1 aliphatic rings. The van der Waals surface area contributed by atoms with E-state index >= 15 is 0 Å². The Morgan fingerprint density at radius 3 is 2.47 bits per heavy atom. The van der Waals surface area contributed by atoms with E-state index in [9.17, 15) is 9.59 Å². The van der Waals surface area contributed by atoms with Gasteiger partial charge in [-0.25, -0.2) is 0 Å². The van der Waals surface area contributed by atoms with Crippen molar-refractivity contribution in [1.29, 1.82) is 0 Å². The topological polar surface area (TPSA) is 88.9 Å². The van der Waals surface area contributed by atoms with Crippen LogP contribution in [0.3, 0.4) is 0 Å². The number of aromatic nitrogens is 3. The number of hydrogen-bond acceptors (Lipinski definition) is 6. The van der Waals surface area contributed by atoms with Crippen LogP contribution in [0.15, 0.2) is 46.9 Å². The largest absolute Gasteiger partial charge is 0.326 e. The molecule has 0 bridgehead atoms. The lowest BCUT2D eigenvalue weighted by atomic mass is 10.2. The first-order valence-electron chi connectivity index (χ1n) is 9.81. The first-order valence-corrected chi connectivity index (χ1v) is 11.6. The van der Waals surface area contributed by atoms with E-state index in [2.05, 4.69) is 36.8 Å². The second kappa shape index (κ2) is 9.01. The summed E-state index contributed by atoms with van der Waals surface area (Å²) in [4.78, 5) is 25.1. The molecule has 1 aliphatic carbocycles. The number of carbonyl (C=O) groups excluding carboxylic acids is 2. The second-order valence-electron chi connectivity index (χ2n) is 7.26. The number of carbonyl (C=O) groups is 2. The van der Waals surface area contributed by atoms with Crippen molar-refractivity contribution in [3.8, 4) is 0 Å². The van der Waals surface area contributed by atoms with Crippen LogP contribution in [0.25, 0.3) is 0 Å². The Balaban J connectivity index is 1.40. The van der Waals surface area contributed by atoms with E-state index in [1.54, 1.807) is 35.6 Å². The third kappa shape index (κ3) is 5.09. The van der Waals surface area contributed by atoms with Crippen LogP contribution in [0.4, 0.5) is 11.4 Å². The Bertz CT molecular complexity index is 1030. The molecule has 2 N–H and O–H groups in total. The van der Waals surface area contributed by atoms with Gasteiger partial charge in [0.15, 0.2) is 5.16 Å². The van der Waals surface area contributed by atoms with Gasteiger partial charge >= 0.3 is 0 Å². The summed E-state index contributed by atoms with van der Waals surface area (Å²) in [6.45, 7) is 3.33. The third-order valence-corrected chi connectivity index (χ3v) is 6.62. The van der Waals surface area contributed by atoms with Gasteiger partial charge in [-0.2, -0.15) is 0 Å². The van der Waals surface area contributed by atoms with E-state index in [0.29, 0.717) is 17.4 Å². The number of thioether (sulfide) groups is 1. The quantitative estimate of drug-likeness (QED) is 0.508. The van der Waals surface area contributed by atoms with Gasteiger partial charge in [0.2, 0.25) is 11.8 Å². The van der Waals surface area contributed by atoms with Crippen LogP contribution in [0.2, 0.25) is 0 Å². The molecule has 9 heteroatoms. The normalized spacial score (nSPS) is 14.3. The molecule has 3 aromatic rings. The van der Waals surface area contributed by atoms with Crippen LogP contribution >= 0.6 is 23.1 Å². The van der Waals surface area contributed by atoms with Crippen LogP contribution in [-0.4, -0.2) is 31.8 Å². The van der Waals surface area contributed by atoms with Crippen molar-refractivity contribution in [2.45, 2.75) is 49.6 Å². The number of anilines is 2. The highest BCUT2D eigenvalue weighted by Gasteiger charge is 2.31. The first kappa shape index (κ1) is 20.6. The minimum atomic E-state index is -0.323. The van der Waals surface area contributed by atoms with Crippen LogP contribution in [0.5, 0.6) is 0 Å². The molecule has 7 nitrogen and oxygen atoms in total. The Morgan fingerprint density at radius 2 is 1.87 bits per heavy atom. The van der Waals surface area contributed by atoms with Gasteiger partial charge in [0.1, 0.15) is 5.82 Å². The van der Waals surface area contributed by atoms with E-state index in [1.165, 1.54) is 23.6 Å². The maximum atomic E-state index is 12.7. The van der Waals surface area contributed by atoms with E-state index in [1.807, 2.05) is 13.0 Å². The van der Waals surface area contributed by atoms with Crippen molar-refractivity contribution in [3.05, 3.63) is 52.5 Å². The fourth-order valence-electron chi connectivity index (χ4n) is 3.07. The molecule has 0 aliphatic heterocycles. The van der Waals surface area contributed by atoms with Gasteiger partial charge in [-0.3, -0.25) is 9.59 Å². The molecular weight excluding hydrogens is 418 g/mol. The Kier molecular flexibility index (Phi) is 6.19. The summed E-state index contributed by atoms with van der Waals surface area (Å²) in [7, 11) is 0. The number of amides is 2. The predicted molar refractivity (Wildman–Crippen MR) is 120 cm³/mol. The van der Waals surface area contributed by atoms with Gasteiger partial charge in [-0.15, -0.1) is 21.5 Å². The number of thiophene rings is 1. The van der Waals surface area contributed by atoms with Crippen molar-refractivity contribution in [1.82, 2.24) is 14.8 Å².